The van der Waals surface area contributed by atoms with E-state index < -0.39 is 5.97 Å². The van der Waals surface area contributed by atoms with Crippen LogP contribution in [0.3, 0.4) is 0 Å². The van der Waals surface area contributed by atoms with Crippen LogP contribution in [0.15, 0.2) is 24.8 Å². The summed E-state index contributed by atoms with van der Waals surface area (Å²) in [6.07, 6.45) is 9.37. The van der Waals surface area contributed by atoms with Crippen molar-refractivity contribution in [3.05, 3.63) is 24.8 Å². The molecule has 0 bridgehead atoms. The third-order valence-corrected chi connectivity index (χ3v) is 0.991. The van der Waals surface area contributed by atoms with Crippen LogP contribution in [0.1, 0.15) is 6.42 Å². The number of carbonyl (C=O) groups excluding carboxylic acids is 1. The van der Waals surface area contributed by atoms with E-state index in [1.54, 1.807) is 0 Å². The second kappa shape index (κ2) is 8.17. The third-order valence-electron chi connectivity index (χ3n) is 0.991. The molecule has 0 aromatic heterocycles. The van der Waals surface area contributed by atoms with Gasteiger partial charge in [0.15, 0.2) is 0 Å². The summed E-state index contributed by atoms with van der Waals surface area (Å²) in [5, 5.41) is 0. The number of esters is 1. The van der Waals surface area contributed by atoms with Crippen molar-refractivity contribution in [3.63, 3.8) is 0 Å². The third kappa shape index (κ3) is 7.97. The summed E-state index contributed by atoms with van der Waals surface area (Å²) in [7, 11) is 0. The Bertz CT molecular complexity index is 294. The van der Waals surface area contributed by atoms with E-state index in [9.17, 15) is 4.79 Å². The number of rotatable bonds is 3. The Kier molecular flexibility index (Phi) is 6.96. The molecule has 0 atom stereocenters. The molecule has 0 unspecified atom stereocenters. The van der Waals surface area contributed by atoms with Gasteiger partial charge in [0, 0.05) is 12.5 Å². The highest BCUT2D eigenvalue weighted by Gasteiger charge is 1.92. The van der Waals surface area contributed by atoms with Gasteiger partial charge in [-0.15, -0.1) is 6.42 Å². The minimum Gasteiger partial charge on any atom is -0.461 e. The summed E-state index contributed by atoms with van der Waals surface area (Å²) in [4.78, 5) is 10.8. The Morgan fingerprint density at radius 1 is 1.62 bits per heavy atom. The van der Waals surface area contributed by atoms with Gasteiger partial charge in [-0.05, 0) is 12.2 Å². The molecule has 66 valence electrons. The van der Waals surface area contributed by atoms with E-state index >= 15 is 0 Å². The molecule has 0 saturated heterocycles. The minimum atomic E-state index is -0.446. The maximum absolute atomic E-state index is 10.8. The molecule has 0 rings (SSSR count). The second-order valence-corrected chi connectivity index (χ2v) is 1.94. The van der Waals surface area contributed by atoms with Crippen molar-refractivity contribution in [3.8, 4) is 24.2 Å². The average Bonchev–Trinajstić information content (AvgIpc) is 2.14. The number of terminal acetylenes is 1. The van der Waals surface area contributed by atoms with Gasteiger partial charge in [-0.2, -0.15) is 0 Å². The predicted molar refractivity (Wildman–Crippen MR) is 51.5 cm³/mol. The molecule has 0 aromatic carbocycles. The van der Waals surface area contributed by atoms with Crippen LogP contribution in [0.25, 0.3) is 0 Å². The average molecular weight is 174 g/mol. The molecular formula is C11H10O2. The Labute approximate surface area is 78.3 Å². The first-order valence-electron chi connectivity index (χ1n) is 3.70. The summed E-state index contributed by atoms with van der Waals surface area (Å²) in [5.41, 5.74) is 0. The summed E-state index contributed by atoms with van der Waals surface area (Å²) in [5.74, 6) is 7.11. The maximum atomic E-state index is 10.8. The molecule has 0 aliphatic carbocycles. The molecule has 13 heavy (non-hydrogen) atoms. The monoisotopic (exact) mass is 174 g/mol. The van der Waals surface area contributed by atoms with Crippen molar-refractivity contribution in [2.75, 3.05) is 6.61 Å². The fourth-order valence-electron chi connectivity index (χ4n) is 0.511. The molecular weight excluding hydrogens is 164 g/mol. The van der Waals surface area contributed by atoms with E-state index in [2.05, 4.69) is 24.3 Å². The van der Waals surface area contributed by atoms with Gasteiger partial charge in [-0.25, -0.2) is 4.79 Å². The number of hydrogen-bond acceptors (Lipinski definition) is 2. The van der Waals surface area contributed by atoms with Gasteiger partial charge in [0.2, 0.25) is 0 Å². The molecule has 0 heterocycles. The highest BCUT2D eigenvalue weighted by Crippen LogP contribution is 1.84. The molecule has 0 aliphatic rings. The number of allylic oxidation sites excluding steroid dienone is 2. The second-order valence-electron chi connectivity index (χ2n) is 1.94. The minimum absolute atomic E-state index is 0.272. The zero-order chi connectivity index (χ0) is 9.94. The molecule has 0 fully saturated rings. The first kappa shape index (κ1) is 11.1. The van der Waals surface area contributed by atoms with Crippen LogP contribution < -0.4 is 0 Å². The molecule has 2 heteroatoms. The molecule has 0 saturated carbocycles. The largest absolute Gasteiger partial charge is 0.461 e. The number of hydrogen-bond donors (Lipinski definition) is 0. The smallest absolute Gasteiger partial charge is 0.331 e. The van der Waals surface area contributed by atoms with E-state index in [1.807, 2.05) is 0 Å². The molecule has 0 radical (unpaired) electrons. The Morgan fingerprint density at radius 2 is 2.38 bits per heavy atom. The van der Waals surface area contributed by atoms with Crippen molar-refractivity contribution < 1.29 is 9.53 Å². The molecule has 0 spiro atoms. The van der Waals surface area contributed by atoms with E-state index in [4.69, 9.17) is 11.2 Å². The molecule has 0 aromatic rings. The lowest BCUT2D eigenvalue weighted by molar-refractivity contribution is -0.137. The molecule has 2 nitrogen and oxygen atoms in total. The van der Waals surface area contributed by atoms with Gasteiger partial charge >= 0.3 is 5.97 Å². The van der Waals surface area contributed by atoms with Gasteiger partial charge in [-0.3, -0.25) is 0 Å². The number of ether oxygens (including phenoxy) is 1. The van der Waals surface area contributed by atoms with E-state index in [1.165, 1.54) is 18.2 Å². The van der Waals surface area contributed by atoms with Gasteiger partial charge in [0.05, 0.1) is 0 Å². The fourth-order valence-corrected chi connectivity index (χ4v) is 0.511. The summed E-state index contributed by atoms with van der Waals surface area (Å²) < 4.78 is 4.73. The Hall–Kier alpha value is -1.93. The SMILES string of the molecule is C#C/C=C/C(=O)OCCC#CC=C. The van der Waals surface area contributed by atoms with Crippen LogP contribution in [-0.2, 0) is 9.53 Å². The van der Waals surface area contributed by atoms with Gasteiger partial charge in [0.25, 0.3) is 0 Å². The van der Waals surface area contributed by atoms with Crippen molar-refractivity contribution in [2.24, 2.45) is 0 Å². The van der Waals surface area contributed by atoms with Gasteiger partial charge in [0.1, 0.15) is 6.61 Å². The van der Waals surface area contributed by atoms with Crippen LogP contribution in [0.2, 0.25) is 0 Å². The van der Waals surface area contributed by atoms with E-state index in [-0.39, 0.29) is 6.61 Å². The lowest BCUT2D eigenvalue weighted by atomic mass is 10.4. The topological polar surface area (TPSA) is 26.3 Å². The van der Waals surface area contributed by atoms with Crippen LogP contribution in [0.4, 0.5) is 0 Å². The van der Waals surface area contributed by atoms with Crippen LogP contribution in [0, 0.1) is 24.2 Å². The zero-order valence-electron chi connectivity index (χ0n) is 7.25. The number of carbonyl (C=O) groups is 1. The van der Waals surface area contributed by atoms with Crippen molar-refractivity contribution in [2.45, 2.75) is 6.42 Å². The fraction of sp³-hybridized carbons (Fsp3) is 0.182. The maximum Gasteiger partial charge on any atom is 0.331 e. The predicted octanol–water partition coefficient (Wildman–Crippen LogP) is 1.30. The van der Waals surface area contributed by atoms with Crippen LogP contribution in [0.5, 0.6) is 0 Å². The summed E-state index contributed by atoms with van der Waals surface area (Å²) >= 11 is 0. The first-order valence-corrected chi connectivity index (χ1v) is 3.70. The molecule has 0 aliphatic heterocycles. The first-order chi connectivity index (χ1) is 6.31. The Balaban J connectivity index is 3.55. The van der Waals surface area contributed by atoms with Crippen LogP contribution >= 0.6 is 0 Å². The van der Waals surface area contributed by atoms with Crippen molar-refractivity contribution in [1.29, 1.82) is 0 Å². The Morgan fingerprint density at radius 3 is 3.00 bits per heavy atom. The quantitative estimate of drug-likeness (QED) is 0.279. The standard InChI is InChI=1S/C11H10O2/c1-3-5-7-8-10-13-11(12)9-6-4-2/h2-3,6,9H,1,8,10H2/b9-6+. The highest BCUT2D eigenvalue weighted by atomic mass is 16.5. The van der Waals surface area contributed by atoms with Crippen molar-refractivity contribution >= 4 is 5.97 Å². The molecule has 0 N–H and O–H groups in total. The summed E-state index contributed by atoms with van der Waals surface area (Å²) in [6.45, 7) is 3.69. The molecule has 0 amide bonds. The lowest BCUT2D eigenvalue weighted by Gasteiger charge is -1.95. The lowest BCUT2D eigenvalue weighted by Crippen LogP contribution is -2.01. The summed E-state index contributed by atoms with van der Waals surface area (Å²) in [6, 6.07) is 0. The van der Waals surface area contributed by atoms with E-state index in [0.29, 0.717) is 6.42 Å². The normalized spacial score (nSPS) is 8.23. The van der Waals surface area contributed by atoms with E-state index in [0.717, 1.165) is 0 Å². The zero-order valence-corrected chi connectivity index (χ0v) is 7.25. The van der Waals surface area contributed by atoms with Crippen molar-refractivity contribution in [1.82, 2.24) is 0 Å². The van der Waals surface area contributed by atoms with Crippen LogP contribution in [-0.4, -0.2) is 12.6 Å². The van der Waals surface area contributed by atoms with Gasteiger partial charge in [-0.1, -0.05) is 24.3 Å². The van der Waals surface area contributed by atoms with Gasteiger partial charge < -0.3 is 4.74 Å². The highest BCUT2D eigenvalue weighted by molar-refractivity contribution is 5.82.